The lowest BCUT2D eigenvalue weighted by molar-refractivity contribution is -0.224. The van der Waals surface area contributed by atoms with E-state index in [4.69, 9.17) is 14.2 Å². The quantitative estimate of drug-likeness (QED) is 0.515. The fraction of sp³-hybridized carbons (Fsp3) is 0.929. The molecule has 0 bridgehead atoms. The average Bonchev–Trinajstić information content (AvgIpc) is 3.18. The molecule has 11 atom stereocenters. The Hall–Kier alpha value is -1.34. The highest BCUT2D eigenvalue weighted by Gasteiger charge is 2.65. The molecule has 0 aliphatic heterocycles. The molecule has 0 aromatic carbocycles. The summed E-state index contributed by atoms with van der Waals surface area (Å²) in [5.74, 6) is 1.52. The van der Waals surface area contributed by atoms with Crippen molar-refractivity contribution in [2.75, 3.05) is 13.7 Å². The Morgan fingerprint density at radius 1 is 0.971 bits per heavy atom. The van der Waals surface area contributed by atoms with Crippen LogP contribution in [0.3, 0.4) is 0 Å². The maximum atomic E-state index is 11.9. The topological polar surface area (TPSA) is 102 Å². The van der Waals surface area contributed by atoms with E-state index in [-0.39, 0.29) is 41.3 Å². The van der Waals surface area contributed by atoms with Gasteiger partial charge in [0, 0.05) is 6.42 Å². The van der Waals surface area contributed by atoms with Gasteiger partial charge in [-0.2, -0.15) is 0 Å². The number of aliphatic hydroxyl groups is 2. The van der Waals surface area contributed by atoms with E-state index in [9.17, 15) is 19.8 Å². The smallest absolute Gasteiger partial charge is 0.469 e. The van der Waals surface area contributed by atoms with E-state index < -0.39 is 18.4 Å². The minimum atomic E-state index is -0.812. The molecule has 200 valence electrons. The molecule has 4 aliphatic carbocycles. The lowest BCUT2D eigenvalue weighted by atomic mass is 9.43. The Balaban J connectivity index is 1.50. The van der Waals surface area contributed by atoms with Crippen molar-refractivity contribution in [1.29, 1.82) is 0 Å². The first kappa shape index (κ1) is 26.7. The number of rotatable bonds is 6. The van der Waals surface area contributed by atoms with Crippen molar-refractivity contribution in [2.24, 2.45) is 46.3 Å². The molecule has 4 rings (SSSR count). The Kier molecular flexibility index (Phi) is 7.78. The van der Waals surface area contributed by atoms with Crippen molar-refractivity contribution in [3.63, 3.8) is 0 Å². The molecule has 2 N–H and O–H groups in total. The normalized spacial score (nSPS) is 45.5. The SMILES string of the molecule is CCOC(=O)O[C@@H]1CC[C@]2(C)C3CC[C@]4(C)[C@@H]([C@H](C)CCC(=O)OC)CC[C@H]4C3C(O)[C@@H](O)[C@@H]2C1. The summed E-state index contributed by atoms with van der Waals surface area (Å²) in [7, 11) is 1.45. The highest BCUT2D eigenvalue weighted by Crippen LogP contribution is 2.68. The molecule has 0 amide bonds. The molecule has 3 unspecified atom stereocenters. The molecule has 0 aromatic rings. The number of ether oxygens (including phenoxy) is 3. The van der Waals surface area contributed by atoms with Crippen LogP contribution in [0.25, 0.3) is 0 Å². The first-order valence-corrected chi connectivity index (χ1v) is 13.8. The highest BCUT2D eigenvalue weighted by molar-refractivity contribution is 5.69. The molecule has 0 radical (unpaired) electrons. The van der Waals surface area contributed by atoms with Crippen LogP contribution in [0.1, 0.15) is 85.5 Å². The maximum absolute atomic E-state index is 11.9. The fourth-order valence-corrected chi connectivity index (χ4v) is 9.24. The molecule has 0 spiro atoms. The number of carbonyl (C=O) groups excluding carboxylic acids is 2. The van der Waals surface area contributed by atoms with Gasteiger partial charge in [-0.25, -0.2) is 4.79 Å². The molecule has 7 nitrogen and oxygen atoms in total. The summed E-state index contributed by atoms with van der Waals surface area (Å²) in [6.45, 7) is 9.00. The summed E-state index contributed by atoms with van der Waals surface area (Å²) in [6.07, 6.45) is 5.40. The van der Waals surface area contributed by atoms with E-state index in [1.165, 1.54) is 7.11 Å². The van der Waals surface area contributed by atoms with Gasteiger partial charge in [0.2, 0.25) is 0 Å². The van der Waals surface area contributed by atoms with Crippen LogP contribution in [0.5, 0.6) is 0 Å². The van der Waals surface area contributed by atoms with Gasteiger partial charge < -0.3 is 24.4 Å². The number of hydrogen-bond donors (Lipinski definition) is 2. The summed E-state index contributed by atoms with van der Waals surface area (Å²) in [5, 5.41) is 22.9. The Labute approximate surface area is 210 Å². The van der Waals surface area contributed by atoms with Gasteiger partial charge in [0.05, 0.1) is 25.9 Å². The monoisotopic (exact) mass is 494 g/mol. The molecule has 0 heterocycles. The minimum absolute atomic E-state index is 0.0756. The fourth-order valence-electron chi connectivity index (χ4n) is 9.24. The van der Waals surface area contributed by atoms with Crippen molar-refractivity contribution in [3.05, 3.63) is 0 Å². The van der Waals surface area contributed by atoms with E-state index in [0.29, 0.717) is 36.5 Å². The van der Waals surface area contributed by atoms with E-state index in [1.807, 2.05) is 0 Å². The summed E-state index contributed by atoms with van der Waals surface area (Å²) >= 11 is 0. The van der Waals surface area contributed by atoms with Gasteiger partial charge in [0.15, 0.2) is 0 Å². The van der Waals surface area contributed by atoms with Crippen molar-refractivity contribution >= 4 is 12.1 Å². The average molecular weight is 495 g/mol. The molecular weight excluding hydrogens is 448 g/mol. The third-order valence-corrected chi connectivity index (χ3v) is 11.0. The number of aliphatic hydroxyl groups excluding tert-OH is 2. The zero-order valence-electron chi connectivity index (χ0n) is 22.2. The molecule has 0 saturated heterocycles. The summed E-state index contributed by atoms with van der Waals surface area (Å²) in [4.78, 5) is 23.6. The highest BCUT2D eigenvalue weighted by atomic mass is 16.7. The van der Waals surface area contributed by atoms with Gasteiger partial charge in [-0.1, -0.05) is 20.8 Å². The predicted molar refractivity (Wildman–Crippen MR) is 130 cm³/mol. The lowest BCUT2D eigenvalue weighted by Gasteiger charge is -2.63. The summed E-state index contributed by atoms with van der Waals surface area (Å²) in [6, 6.07) is 0. The van der Waals surface area contributed by atoms with Crippen LogP contribution < -0.4 is 0 Å². The third-order valence-electron chi connectivity index (χ3n) is 11.0. The maximum Gasteiger partial charge on any atom is 0.508 e. The van der Waals surface area contributed by atoms with E-state index in [1.54, 1.807) is 6.92 Å². The van der Waals surface area contributed by atoms with Crippen molar-refractivity contribution in [2.45, 2.75) is 104 Å². The molecule has 4 fully saturated rings. The minimum Gasteiger partial charge on any atom is -0.469 e. The molecule has 35 heavy (non-hydrogen) atoms. The second kappa shape index (κ2) is 10.2. The standard InChI is InChI=1S/C28H46O7/c1-6-34-26(32)35-17-11-13-28(4)20-12-14-27(3)18(16(2)7-10-22(29)33-5)8-9-19(27)23(20)25(31)24(30)21(28)15-17/h16-21,23-25,30-31H,6-15H2,1-5H3/t16-,17-,18-,19+,20?,21+,23?,24+,25?,27-,28-/m1/s1. The predicted octanol–water partition coefficient (Wildman–Crippen LogP) is 4.72. The lowest BCUT2D eigenvalue weighted by Crippen LogP contribution is -2.64. The third kappa shape index (κ3) is 4.60. The van der Waals surface area contributed by atoms with Crippen molar-refractivity contribution in [1.82, 2.24) is 0 Å². The van der Waals surface area contributed by atoms with Crippen LogP contribution in [0.4, 0.5) is 4.79 Å². The Morgan fingerprint density at radius 3 is 2.34 bits per heavy atom. The summed E-state index contributed by atoms with van der Waals surface area (Å²) < 4.78 is 15.4. The molecule has 7 heteroatoms. The second-order valence-electron chi connectivity index (χ2n) is 12.4. The Morgan fingerprint density at radius 2 is 1.66 bits per heavy atom. The molecule has 0 aromatic heterocycles. The van der Waals surface area contributed by atoms with Crippen LogP contribution in [0.15, 0.2) is 0 Å². The van der Waals surface area contributed by atoms with Gasteiger partial charge in [0.1, 0.15) is 6.10 Å². The number of esters is 1. The second-order valence-corrected chi connectivity index (χ2v) is 12.4. The Bertz CT molecular complexity index is 785. The number of carbonyl (C=O) groups is 2. The zero-order chi connectivity index (χ0) is 25.5. The number of fused-ring (bicyclic) bond motifs is 5. The van der Waals surface area contributed by atoms with E-state index in [2.05, 4.69) is 20.8 Å². The molecule has 4 aliphatic rings. The van der Waals surface area contributed by atoms with Crippen molar-refractivity contribution in [3.8, 4) is 0 Å². The van der Waals surface area contributed by atoms with Crippen LogP contribution in [-0.4, -0.2) is 54.4 Å². The first-order chi connectivity index (χ1) is 16.6. The first-order valence-electron chi connectivity index (χ1n) is 13.8. The molecular formula is C28H46O7. The number of methoxy groups -OCH3 is 1. The van der Waals surface area contributed by atoms with Gasteiger partial charge in [-0.3, -0.25) is 4.79 Å². The van der Waals surface area contributed by atoms with Gasteiger partial charge in [-0.15, -0.1) is 0 Å². The van der Waals surface area contributed by atoms with Crippen LogP contribution in [0.2, 0.25) is 0 Å². The zero-order valence-corrected chi connectivity index (χ0v) is 22.2. The van der Waals surface area contributed by atoms with Gasteiger partial charge >= 0.3 is 12.1 Å². The van der Waals surface area contributed by atoms with Crippen LogP contribution >= 0.6 is 0 Å². The largest absolute Gasteiger partial charge is 0.508 e. The summed E-state index contributed by atoms with van der Waals surface area (Å²) in [5.41, 5.74) is 0.0403. The van der Waals surface area contributed by atoms with E-state index >= 15 is 0 Å². The van der Waals surface area contributed by atoms with Gasteiger partial charge in [0.25, 0.3) is 0 Å². The van der Waals surface area contributed by atoms with E-state index in [0.717, 1.165) is 44.9 Å². The van der Waals surface area contributed by atoms with Gasteiger partial charge in [-0.05, 0) is 105 Å². The van der Waals surface area contributed by atoms with Crippen molar-refractivity contribution < 1.29 is 34.0 Å². The molecule has 4 saturated carbocycles. The van der Waals surface area contributed by atoms with Crippen LogP contribution in [-0.2, 0) is 19.0 Å². The van der Waals surface area contributed by atoms with Crippen LogP contribution in [0, 0.1) is 46.3 Å². The number of hydrogen-bond acceptors (Lipinski definition) is 7.